The van der Waals surface area contributed by atoms with Crippen LogP contribution in [0.3, 0.4) is 0 Å². The van der Waals surface area contributed by atoms with E-state index in [1.807, 2.05) is 6.07 Å². The van der Waals surface area contributed by atoms with E-state index in [0.29, 0.717) is 16.7 Å². The van der Waals surface area contributed by atoms with Gasteiger partial charge in [-0.2, -0.15) is 5.10 Å². The highest BCUT2D eigenvalue weighted by atomic mass is 35.5. The van der Waals surface area contributed by atoms with E-state index in [-0.39, 0.29) is 6.04 Å². The first-order valence-electron chi connectivity index (χ1n) is 6.43. The number of hydrogen-bond acceptors (Lipinski definition) is 4. The largest absolute Gasteiger partial charge is 0.492 e. The van der Waals surface area contributed by atoms with Crippen LogP contribution in [0.5, 0.6) is 5.75 Å². The summed E-state index contributed by atoms with van der Waals surface area (Å²) >= 11 is 12.2. The molecule has 0 bridgehead atoms. The monoisotopic (exact) mass is 312 g/mol. The molecule has 0 saturated carbocycles. The summed E-state index contributed by atoms with van der Waals surface area (Å²) in [6.45, 7) is 1.44. The molecule has 2 N–H and O–H groups in total. The number of aromatic nitrogens is 3. The maximum absolute atomic E-state index is 6.17. The summed E-state index contributed by atoms with van der Waals surface area (Å²) in [7, 11) is 0. The van der Waals surface area contributed by atoms with Crippen molar-refractivity contribution in [1.29, 1.82) is 0 Å². The van der Waals surface area contributed by atoms with E-state index in [4.69, 9.17) is 27.9 Å². The third-order valence-corrected chi connectivity index (χ3v) is 3.78. The highest BCUT2D eigenvalue weighted by molar-refractivity contribution is 6.35. The van der Waals surface area contributed by atoms with Gasteiger partial charge in [0.1, 0.15) is 17.9 Å². The maximum atomic E-state index is 6.17. The summed E-state index contributed by atoms with van der Waals surface area (Å²) in [6, 6.07) is 3.81. The molecule has 3 rings (SSSR count). The van der Waals surface area contributed by atoms with Crippen molar-refractivity contribution in [2.24, 2.45) is 0 Å². The van der Waals surface area contributed by atoms with Gasteiger partial charge in [-0.3, -0.25) is 5.10 Å². The topological polar surface area (TPSA) is 62.8 Å². The minimum Gasteiger partial charge on any atom is -0.492 e. The minimum absolute atomic E-state index is 0.192. The standard InChI is InChI=1S/C13H14Cl2N4O/c14-8-5-9-11(2-4-20-13(9)10(15)6-8)16-3-1-12-17-7-18-19-12/h5-7,11,16H,1-4H2,(H,17,18,19). The predicted molar refractivity (Wildman–Crippen MR) is 77.4 cm³/mol. The number of halogens is 2. The maximum Gasteiger partial charge on any atom is 0.142 e. The summed E-state index contributed by atoms with van der Waals surface area (Å²) in [6.07, 6.45) is 3.19. The number of ether oxygens (including phenoxy) is 1. The molecule has 20 heavy (non-hydrogen) atoms. The Kier molecular flexibility index (Phi) is 4.10. The number of H-pyrrole nitrogens is 1. The molecule has 0 fully saturated rings. The van der Waals surface area contributed by atoms with Gasteiger partial charge >= 0.3 is 0 Å². The molecule has 0 spiro atoms. The Morgan fingerprint density at radius 1 is 1.40 bits per heavy atom. The van der Waals surface area contributed by atoms with Gasteiger partial charge in [0.15, 0.2) is 0 Å². The number of aromatic amines is 1. The zero-order chi connectivity index (χ0) is 13.9. The minimum atomic E-state index is 0.192. The molecule has 2 aromatic rings. The normalized spacial score (nSPS) is 17.6. The first-order chi connectivity index (χ1) is 9.74. The number of fused-ring (bicyclic) bond motifs is 1. The molecule has 0 saturated heterocycles. The Morgan fingerprint density at radius 3 is 3.10 bits per heavy atom. The fourth-order valence-electron chi connectivity index (χ4n) is 2.35. The van der Waals surface area contributed by atoms with E-state index in [1.54, 1.807) is 6.07 Å². The van der Waals surface area contributed by atoms with Crippen LogP contribution in [-0.4, -0.2) is 28.3 Å². The Bertz CT molecular complexity index is 588. The molecule has 1 atom stereocenters. The fraction of sp³-hybridized carbons (Fsp3) is 0.385. The SMILES string of the molecule is Clc1cc(Cl)c2c(c1)C(NCCc1ncn[nH]1)CCO2. The molecule has 5 nitrogen and oxygen atoms in total. The molecule has 2 heterocycles. The Hall–Kier alpha value is -1.30. The number of nitrogens with one attached hydrogen (secondary N) is 2. The van der Waals surface area contributed by atoms with Gasteiger partial charge in [0.25, 0.3) is 0 Å². The van der Waals surface area contributed by atoms with Gasteiger partial charge in [-0.05, 0) is 12.1 Å². The molecule has 1 aliphatic heterocycles. The van der Waals surface area contributed by atoms with Gasteiger partial charge in [-0.1, -0.05) is 23.2 Å². The van der Waals surface area contributed by atoms with Crippen LogP contribution >= 0.6 is 23.2 Å². The van der Waals surface area contributed by atoms with Crippen LogP contribution in [0.25, 0.3) is 0 Å². The average Bonchev–Trinajstić information content (AvgIpc) is 2.92. The van der Waals surface area contributed by atoms with Crippen molar-refractivity contribution in [1.82, 2.24) is 20.5 Å². The van der Waals surface area contributed by atoms with Gasteiger partial charge in [-0.15, -0.1) is 0 Å². The Morgan fingerprint density at radius 2 is 2.30 bits per heavy atom. The fourth-order valence-corrected chi connectivity index (χ4v) is 2.92. The lowest BCUT2D eigenvalue weighted by Gasteiger charge is -2.27. The molecule has 1 unspecified atom stereocenters. The molecule has 0 radical (unpaired) electrons. The summed E-state index contributed by atoms with van der Waals surface area (Å²) in [5.41, 5.74) is 1.02. The van der Waals surface area contributed by atoms with E-state index < -0.39 is 0 Å². The van der Waals surface area contributed by atoms with E-state index >= 15 is 0 Å². The number of benzene rings is 1. The van der Waals surface area contributed by atoms with E-state index in [2.05, 4.69) is 20.5 Å². The lowest BCUT2D eigenvalue weighted by molar-refractivity contribution is 0.253. The smallest absolute Gasteiger partial charge is 0.142 e. The van der Waals surface area contributed by atoms with E-state index in [0.717, 1.165) is 36.5 Å². The molecule has 1 aliphatic rings. The Balaban J connectivity index is 1.70. The first-order valence-corrected chi connectivity index (χ1v) is 7.19. The van der Waals surface area contributed by atoms with Gasteiger partial charge in [0, 0.05) is 36.0 Å². The summed E-state index contributed by atoms with van der Waals surface area (Å²) in [5, 5.41) is 11.3. The molecule has 1 aromatic heterocycles. The lowest BCUT2D eigenvalue weighted by atomic mass is 10.0. The van der Waals surface area contributed by atoms with E-state index in [1.165, 1.54) is 6.33 Å². The van der Waals surface area contributed by atoms with Crippen LogP contribution in [-0.2, 0) is 6.42 Å². The van der Waals surface area contributed by atoms with Crippen molar-refractivity contribution in [3.05, 3.63) is 39.9 Å². The molecule has 1 aromatic carbocycles. The van der Waals surface area contributed by atoms with Crippen molar-refractivity contribution >= 4 is 23.2 Å². The highest BCUT2D eigenvalue weighted by Crippen LogP contribution is 2.39. The van der Waals surface area contributed by atoms with Crippen LogP contribution < -0.4 is 10.1 Å². The van der Waals surface area contributed by atoms with Crippen LogP contribution in [0.15, 0.2) is 18.5 Å². The van der Waals surface area contributed by atoms with Crippen molar-refractivity contribution in [3.63, 3.8) is 0 Å². The highest BCUT2D eigenvalue weighted by Gasteiger charge is 2.23. The average molecular weight is 313 g/mol. The lowest BCUT2D eigenvalue weighted by Crippen LogP contribution is -2.29. The van der Waals surface area contributed by atoms with E-state index in [9.17, 15) is 0 Å². The van der Waals surface area contributed by atoms with Crippen LogP contribution in [0.2, 0.25) is 10.0 Å². The van der Waals surface area contributed by atoms with Crippen molar-refractivity contribution in [2.45, 2.75) is 18.9 Å². The van der Waals surface area contributed by atoms with Crippen LogP contribution in [0.1, 0.15) is 23.9 Å². The van der Waals surface area contributed by atoms with Gasteiger partial charge in [0.05, 0.1) is 11.6 Å². The molecular weight excluding hydrogens is 299 g/mol. The zero-order valence-corrected chi connectivity index (χ0v) is 12.2. The zero-order valence-electron chi connectivity index (χ0n) is 10.7. The van der Waals surface area contributed by atoms with Crippen molar-refractivity contribution in [2.75, 3.05) is 13.2 Å². The Labute approximate surface area is 126 Å². The van der Waals surface area contributed by atoms with Gasteiger partial charge in [0.2, 0.25) is 0 Å². The third-order valence-electron chi connectivity index (χ3n) is 3.28. The molecule has 7 heteroatoms. The number of hydrogen-bond donors (Lipinski definition) is 2. The van der Waals surface area contributed by atoms with Crippen molar-refractivity contribution < 1.29 is 4.74 Å². The summed E-state index contributed by atoms with van der Waals surface area (Å²) in [4.78, 5) is 4.10. The molecule has 106 valence electrons. The second kappa shape index (κ2) is 5.99. The summed E-state index contributed by atoms with van der Waals surface area (Å²) in [5.74, 6) is 1.60. The predicted octanol–water partition coefficient (Wildman–Crippen LogP) is 2.77. The van der Waals surface area contributed by atoms with Crippen molar-refractivity contribution in [3.8, 4) is 5.75 Å². The third kappa shape index (κ3) is 2.90. The second-order valence-electron chi connectivity index (χ2n) is 4.63. The second-order valence-corrected chi connectivity index (χ2v) is 5.48. The summed E-state index contributed by atoms with van der Waals surface area (Å²) < 4.78 is 5.63. The number of nitrogens with zero attached hydrogens (tertiary/aromatic N) is 2. The van der Waals surface area contributed by atoms with Crippen LogP contribution in [0.4, 0.5) is 0 Å². The quantitative estimate of drug-likeness (QED) is 0.911. The molecule has 0 aliphatic carbocycles. The molecule has 0 amide bonds. The molecular formula is C13H14Cl2N4O. The van der Waals surface area contributed by atoms with Gasteiger partial charge < -0.3 is 10.1 Å². The van der Waals surface area contributed by atoms with Gasteiger partial charge in [-0.25, -0.2) is 4.98 Å². The first kappa shape index (κ1) is 13.7. The number of rotatable bonds is 4. The van der Waals surface area contributed by atoms with Crippen LogP contribution in [0, 0.1) is 0 Å².